The Hall–Kier alpha value is -1.98. The van der Waals surface area contributed by atoms with Crippen LogP contribution < -0.4 is 5.32 Å². The zero-order chi connectivity index (χ0) is 12.8. The van der Waals surface area contributed by atoms with Gasteiger partial charge in [0.2, 0.25) is 11.9 Å². The molecule has 17 heavy (non-hydrogen) atoms. The Bertz CT molecular complexity index is 406. The molecule has 0 fully saturated rings. The topological polar surface area (TPSA) is 62.3 Å². The van der Waals surface area contributed by atoms with Crippen LogP contribution in [0.1, 0.15) is 17.3 Å². The summed E-state index contributed by atoms with van der Waals surface area (Å²) < 4.78 is 12.6. The molecule has 0 saturated carbocycles. The van der Waals surface area contributed by atoms with Crippen molar-refractivity contribution < 1.29 is 14.0 Å². The quantitative estimate of drug-likeness (QED) is 0.775. The lowest BCUT2D eigenvalue weighted by molar-refractivity contribution is -0.121. The van der Waals surface area contributed by atoms with Gasteiger partial charge in [0.05, 0.1) is 12.1 Å². The maximum absolute atomic E-state index is 12.6. The molecule has 5 nitrogen and oxygen atoms in total. The summed E-state index contributed by atoms with van der Waals surface area (Å²) in [4.78, 5) is 27.7. The van der Waals surface area contributed by atoms with E-state index in [0.717, 1.165) is 12.3 Å². The van der Waals surface area contributed by atoms with E-state index in [0.29, 0.717) is 6.54 Å². The lowest BCUT2D eigenvalue weighted by Gasteiger charge is -2.16. The fourth-order valence-corrected chi connectivity index (χ4v) is 1.26. The Morgan fingerprint density at radius 1 is 1.47 bits per heavy atom. The number of aromatic nitrogens is 1. The maximum Gasteiger partial charge on any atom is 0.255 e. The molecule has 1 aromatic heterocycles. The molecule has 0 unspecified atom stereocenters. The molecule has 0 bridgehead atoms. The smallest absolute Gasteiger partial charge is 0.255 e. The first-order valence-electron chi connectivity index (χ1n) is 5.18. The molecule has 1 N–H and O–H groups in total. The molecule has 2 amide bonds. The third kappa shape index (κ3) is 3.82. The second-order valence-corrected chi connectivity index (χ2v) is 3.48. The number of nitrogens with one attached hydrogen (secondary N) is 1. The van der Waals surface area contributed by atoms with Crippen LogP contribution in [0.15, 0.2) is 18.3 Å². The van der Waals surface area contributed by atoms with E-state index in [2.05, 4.69) is 10.3 Å². The highest BCUT2D eigenvalue weighted by Crippen LogP contribution is 2.02. The predicted octanol–water partition coefficient (Wildman–Crippen LogP) is 0.429. The minimum absolute atomic E-state index is 0.0376. The van der Waals surface area contributed by atoms with Gasteiger partial charge in [-0.15, -0.1) is 0 Å². The fraction of sp³-hybridized carbons (Fsp3) is 0.364. The summed E-state index contributed by atoms with van der Waals surface area (Å²) in [6, 6.07) is 2.44. The highest BCUT2D eigenvalue weighted by Gasteiger charge is 2.14. The number of hydrogen-bond donors (Lipinski definition) is 1. The van der Waals surface area contributed by atoms with E-state index in [4.69, 9.17) is 0 Å². The SMILES string of the molecule is CCNC(=O)CN(C)C(=O)c1ccc(F)nc1. The predicted molar refractivity (Wildman–Crippen MR) is 59.8 cm³/mol. The zero-order valence-electron chi connectivity index (χ0n) is 9.74. The van der Waals surface area contributed by atoms with Gasteiger partial charge >= 0.3 is 0 Å². The molecule has 0 aliphatic heterocycles. The van der Waals surface area contributed by atoms with Crippen LogP contribution in [0.3, 0.4) is 0 Å². The van der Waals surface area contributed by atoms with E-state index >= 15 is 0 Å². The Labute approximate surface area is 98.6 Å². The van der Waals surface area contributed by atoms with E-state index in [1.165, 1.54) is 18.0 Å². The molecular weight excluding hydrogens is 225 g/mol. The van der Waals surface area contributed by atoms with Gasteiger partial charge in [-0.25, -0.2) is 4.98 Å². The van der Waals surface area contributed by atoms with Gasteiger partial charge in [0.25, 0.3) is 5.91 Å². The van der Waals surface area contributed by atoms with Gasteiger partial charge in [-0.05, 0) is 19.1 Å². The number of carbonyl (C=O) groups excluding carboxylic acids is 2. The standard InChI is InChI=1S/C11H14FN3O2/c1-3-13-10(16)7-15(2)11(17)8-4-5-9(12)14-6-8/h4-6H,3,7H2,1-2H3,(H,13,16). The summed E-state index contributed by atoms with van der Waals surface area (Å²) in [5.74, 6) is -1.25. The van der Waals surface area contributed by atoms with Gasteiger partial charge in [-0.2, -0.15) is 4.39 Å². The normalized spacial score (nSPS) is 9.82. The molecule has 0 aliphatic rings. The van der Waals surface area contributed by atoms with Crippen molar-refractivity contribution >= 4 is 11.8 Å². The summed E-state index contributed by atoms with van der Waals surface area (Å²) in [5.41, 5.74) is 0.248. The number of amides is 2. The van der Waals surface area contributed by atoms with Crippen LogP contribution in [0, 0.1) is 5.95 Å². The van der Waals surface area contributed by atoms with Crippen LogP contribution in [0.4, 0.5) is 4.39 Å². The summed E-state index contributed by atoms with van der Waals surface area (Å²) in [7, 11) is 1.50. The van der Waals surface area contributed by atoms with Crippen molar-refractivity contribution in [2.75, 3.05) is 20.1 Å². The number of rotatable bonds is 4. The average Bonchev–Trinajstić information content (AvgIpc) is 2.29. The summed E-state index contributed by atoms with van der Waals surface area (Å²) >= 11 is 0. The van der Waals surface area contributed by atoms with E-state index in [1.54, 1.807) is 6.92 Å². The molecule has 6 heteroatoms. The van der Waals surface area contributed by atoms with Gasteiger partial charge in [0, 0.05) is 19.8 Å². The van der Waals surface area contributed by atoms with Crippen molar-refractivity contribution in [1.82, 2.24) is 15.2 Å². The van der Waals surface area contributed by atoms with E-state index < -0.39 is 5.95 Å². The first kappa shape index (κ1) is 13.1. The summed E-state index contributed by atoms with van der Waals surface area (Å²) in [6.07, 6.45) is 1.14. The molecule has 0 radical (unpaired) electrons. The van der Waals surface area contributed by atoms with Crippen LogP contribution in [-0.4, -0.2) is 41.8 Å². The van der Waals surface area contributed by atoms with Gasteiger partial charge in [0.15, 0.2) is 0 Å². The number of hydrogen-bond acceptors (Lipinski definition) is 3. The zero-order valence-corrected chi connectivity index (χ0v) is 9.74. The second-order valence-electron chi connectivity index (χ2n) is 3.48. The minimum atomic E-state index is -0.645. The Balaban J connectivity index is 2.63. The van der Waals surface area contributed by atoms with Gasteiger partial charge in [-0.1, -0.05) is 0 Å². The van der Waals surface area contributed by atoms with Crippen LogP contribution in [0.2, 0.25) is 0 Å². The van der Waals surface area contributed by atoms with Gasteiger partial charge in [-0.3, -0.25) is 9.59 Å². The lowest BCUT2D eigenvalue weighted by atomic mass is 10.2. The second kappa shape index (κ2) is 5.93. The molecule has 0 saturated heterocycles. The molecule has 1 heterocycles. The van der Waals surface area contributed by atoms with Crippen LogP contribution in [0.25, 0.3) is 0 Å². The minimum Gasteiger partial charge on any atom is -0.355 e. The van der Waals surface area contributed by atoms with E-state index in [-0.39, 0.29) is 23.9 Å². The molecule has 0 atom stereocenters. The van der Waals surface area contributed by atoms with Crippen LogP contribution >= 0.6 is 0 Å². The van der Waals surface area contributed by atoms with Crippen molar-refractivity contribution in [3.8, 4) is 0 Å². The lowest BCUT2D eigenvalue weighted by Crippen LogP contribution is -2.38. The number of likely N-dealkylation sites (N-methyl/N-ethyl adjacent to an activating group) is 2. The molecule has 1 rings (SSSR count). The van der Waals surface area contributed by atoms with Gasteiger partial charge < -0.3 is 10.2 Å². The number of halogens is 1. The Morgan fingerprint density at radius 3 is 2.71 bits per heavy atom. The van der Waals surface area contributed by atoms with E-state index in [1.807, 2.05) is 0 Å². The van der Waals surface area contributed by atoms with Crippen LogP contribution in [0.5, 0.6) is 0 Å². The molecule has 92 valence electrons. The number of nitrogens with zero attached hydrogens (tertiary/aromatic N) is 2. The third-order valence-electron chi connectivity index (χ3n) is 2.08. The van der Waals surface area contributed by atoms with Crippen molar-refractivity contribution in [3.63, 3.8) is 0 Å². The number of pyridine rings is 1. The summed E-state index contributed by atoms with van der Waals surface area (Å²) in [5, 5.41) is 2.58. The highest BCUT2D eigenvalue weighted by molar-refractivity contribution is 5.96. The first-order valence-corrected chi connectivity index (χ1v) is 5.18. The molecular formula is C11H14FN3O2. The first-order chi connectivity index (χ1) is 8.04. The number of carbonyl (C=O) groups is 2. The Kier molecular flexibility index (Phi) is 4.56. The van der Waals surface area contributed by atoms with Crippen molar-refractivity contribution in [1.29, 1.82) is 0 Å². The fourth-order valence-electron chi connectivity index (χ4n) is 1.26. The maximum atomic E-state index is 12.6. The third-order valence-corrected chi connectivity index (χ3v) is 2.08. The van der Waals surface area contributed by atoms with Crippen molar-refractivity contribution in [2.45, 2.75) is 6.92 Å². The summed E-state index contributed by atoms with van der Waals surface area (Å²) in [6.45, 7) is 2.27. The average molecular weight is 239 g/mol. The van der Waals surface area contributed by atoms with Crippen molar-refractivity contribution in [3.05, 3.63) is 29.8 Å². The molecule has 1 aromatic rings. The monoisotopic (exact) mass is 239 g/mol. The Morgan fingerprint density at radius 2 is 2.18 bits per heavy atom. The van der Waals surface area contributed by atoms with Crippen LogP contribution in [-0.2, 0) is 4.79 Å². The highest BCUT2D eigenvalue weighted by atomic mass is 19.1. The van der Waals surface area contributed by atoms with E-state index in [9.17, 15) is 14.0 Å². The largest absolute Gasteiger partial charge is 0.355 e. The molecule has 0 spiro atoms. The molecule has 0 aromatic carbocycles. The van der Waals surface area contributed by atoms with Gasteiger partial charge in [0.1, 0.15) is 0 Å². The molecule has 0 aliphatic carbocycles. The van der Waals surface area contributed by atoms with Crippen molar-refractivity contribution in [2.24, 2.45) is 0 Å².